The molecule has 2 unspecified atom stereocenters. The maximum atomic E-state index is 12.9. The lowest BCUT2D eigenvalue weighted by molar-refractivity contribution is -0.123. The van der Waals surface area contributed by atoms with Gasteiger partial charge >= 0.3 is 0 Å². The lowest BCUT2D eigenvalue weighted by atomic mass is 10.1. The van der Waals surface area contributed by atoms with Gasteiger partial charge in [-0.15, -0.1) is 12.4 Å². The van der Waals surface area contributed by atoms with Crippen molar-refractivity contribution in [3.63, 3.8) is 0 Å². The summed E-state index contributed by atoms with van der Waals surface area (Å²) >= 11 is 0. The van der Waals surface area contributed by atoms with E-state index in [1.54, 1.807) is 24.3 Å². The van der Waals surface area contributed by atoms with E-state index in [-0.39, 0.29) is 30.3 Å². The molecule has 1 aliphatic carbocycles. The third kappa shape index (κ3) is 7.07. The van der Waals surface area contributed by atoms with Crippen LogP contribution in [0.2, 0.25) is 0 Å². The van der Waals surface area contributed by atoms with Crippen molar-refractivity contribution in [2.24, 2.45) is 5.73 Å². The second kappa shape index (κ2) is 12.2. The number of rotatable bonds is 10. The van der Waals surface area contributed by atoms with Gasteiger partial charge in [0.2, 0.25) is 5.91 Å². The van der Waals surface area contributed by atoms with Crippen LogP contribution in [-0.4, -0.2) is 30.5 Å². The number of carbonyl (C=O) groups excluding carboxylic acids is 2. The molecule has 1 fully saturated rings. The first-order valence-electron chi connectivity index (χ1n) is 11.3. The van der Waals surface area contributed by atoms with E-state index < -0.39 is 6.04 Å². The van der Waals surface area contributed by atoms with Gasteiger partial charge in [-0.3, -0.25) is 9.59 Å². The highest BCUT2D eigenvalue weighted by molar-refractivity contribution is 5.97. The zero-order chi connectivity index (χ0) is 23.0. The van der Waals surface area contributed by atoms with E-state index in [0.717, 1.165) is 17.7 Å². The highest BCUT2D eigenvalue weighted by atomic mass is 35.5. The van der Waals surface area contributed by atoms with Crippen molar-refractivity contribution in [3.8, 4) is 5.75 Å². The van der Waals surface area contributed by atoms with Crippen molar-refractivity contribution in [1.82, 2.24) is 10.6 Å². The van der Waals surface area contributed by atoms with Crippen LogP contribution >= 0.6 is 12.4 Å². The molecule has 0 spiro atoms. The van der Waals surface area contributed by atoms with Gasteiger partial charge in [-0.2, -0.15) is 0 Å². The van der Waals surface area contributed by atoms with Crippen LogP contribution in [0.4, 0.5) is 0 Å². The van der Waals surface area contributed by atoms with Crippen LogP contribution in [0.15, 0.2) is 84.9 Å². The number of nitrogens with one attached hydrogen (secondary N) is 2. The average Bonchev–Trinajstić information content (AvgIpc) is 3.59. The molecular formula is C27H30ClN3O3. The zero-order valence-corrected chi connectivity index (χ0v) is 19.7. The molecule has 0 aromatic heterocycles. The third-order valence-electron chi connectivity index (χ3n) is 5.79. The Kier molecular flexibility index (Phi) is 9.08. The minimum Gasteiger partial charge on any atom is -0.494 e. The van der Waals surface area contributed by atoms with Crippen molar-refractivity contribution >= 4 is 24.2 Å². The summed E-state index contributed by atoms with van der Waals surface area (Å²) in [6.45, 7) is 0.684. The predicted molar refractivity (Wildman–Crippen MR) is 135 cm³/mol. The van der Waals surface area contributed by atoms with Gasteiger partial charge in [0.15, 0.2) is 0 Å². The number of ether oxygens (including phenoxy) is 1. The SMILES string of the molecule is Cl.NC1CC1c1ccc(OCC[C@H](NC(=O)c2ccccc2)C(=O)NCc2ccccc2)cc1. The Balaban J connectivity index is 0.00000324. The van der Waals surface area contributed by atoms with Crippen LogP contribution in [0.25, 0.3) is 0 Å². The molecule has 3 aromatic rings. The summed E-state index contributed by atoms with van der Waals surface area (Å²) in [5.41, 5.74) is 8.64. The largest absolute Gasteiger partial charge is 0.494 e. The van der Waals surface area contributed by atoms with E-state index in [1.165, 1.54) is 5.56 Å². The molecule has 4 N–H and O–H groups in total. The summed E-state index contributed by atoms with van der Waals surface area (Å²) in [4.78, 5) is 25.5. The first kappa shape index (κ1) is 25.3. The molecular weight excluding hydrogens is 450 g/mol. The number of hydrogen-bond acceptors (Lipinski definition) is 4. The fourth-order valence-corrected chi connectivity index (χ4v) is 3.71. The van der Waals surface area contributed by atoms with Gasteiger partial charge in [0.25, 0.3) is 5.91 Å². The molecule has 6 nitrogen and oxygen atoms in total. The number of nitrogens with two attached hydrogens (primary N) is 1. The molecule has 0 radical (unpaired) electrons. The van der Waals surface area contributed by atoms with Gasteiger partial charge in [-0.1, -0.05) is 60.7 Å². The van der Waals surface area contributed by atoms with Crippen LogP contribution < -0.4 is 21.1 Å². The lowest BCUT2D eigenvalue weighted by Gasteiger charge is -2.19. The van der Waals surface area contributed by atoms with E-state index in [0.29, 0.717) is 31.1 Å². The Morgan fingerprint density at radius 1 is 0.941 bits per heavy atom. The topological polar surface area (TPSA) is 93.4 Å². The van der Waals surface area contributed by atoms with Gasteiger partial charge < -0.3 is 21.1 Å². The van der Waals surface area contributed by atoms with Gasteiger partial charge in [0, 0.05) is 30.5 Å². The van der Waals surface area contributed by atoms with E-state index >= 15 is 0 Å². The van der Waals surface area contributed by atoms with Crippen LogP contribution in [0.5, 0.6) is 5.75 Å². The Morgan fingerprint density at radius 3 is 2.18 bits per heavy atom. The molecule has 4 rings (SSSR count). The number of amides is 2. The lowest BCUT2D eigenvalue weighted by Crippen LogP contribution is -2.47. The Hall–Kier alpha value is -3.35. The summed E-state index contributed by atoms with van der Waals surface area (Å²) in [7, 11) is 0. The molecule has 0 saturated heterocycles. The molecule has 7 heteroatoms. The number of halogens is 1. The standard InChI is InChI=1S/C27H29N3O3.ClH/c28-24-17-23(24)20-11-13-22(14-12-20)33-16-15-25(30-26(31)21-9-5-2-6-10-21)27(32)29-18-19-7-3-1-4-8-19;/h1-14,23-25H,15-18,28H2,(H,29,32)(H,30,31);1H/t23?,24?,25-;/m0./s1. The van der Waals surface area contributed by atoms with E-state index in [1.807, 2.05) is 60.7 Å². The molecule has 3 aromatic carbocycles. The smallest absolute Gasteiger partial charge is 0.251 e. The number of benzene rings is 3. The maximum absolute atomic E-state index is 12.9. The average molecular weight is 480 g/mol. The summed E-state index contributed by atoms with van der Waals surface area (Å²) < 4.78 is 5.86. The quantitative estimate of drug-likeness (QED) is 0.412. The second-order valence-electron chi connectivity index (χ2n) is 8.31. The van der Waals surface area contributed by atoms with E-state index in [2.05, 4.69) is 10.6 Å². The zero-order valence-electron chi connectivity index (χ0n) is 18.9. The van der Waals surface area contributed by atoms with Gasteiger partial charge in [0.05, 0.1) is 6.61 Å². The second-order valence-corrected chi connectivity index (χ2v) is 8.31. The summed E-state index contributed by atoms with van der Waals surface area (Å²) in [5.74, 6) is 0.640. The third-order valence-corrected chi connectivity index (χ3v) is 5.79. The van der Waals surface area contributed by atoms with E-state index in [4.69, 9.17) is 10.5 Å². The summed E-state index contributed by atoms with van der Waals surface area (Å²) in [6.07, 6.45) is 1.37. The molecule has 1 aliphatic rings. The molecule has 178 valence electrons. The van der Waals surface area contributed by atoms with Crippen LogP contribution in [-0.2, 0) is 11.3 Å². The highest BCUT2D eigenvalue weighted by Gasteiger charge is 2.34. The predicted octanol–water partition coefficient (Wildman–Crippen LogP) is 3.81. The molecule has 0 bridgehead atoms. The number of hydrogen-bond donors (Lipinski definition) is 3. The van der Waals surface area contributed by atoms with E-state index in [9.17, 15) is 9.59 Å². The Morgan fingerprint density at radius 2 is 1.56 bits per heavy atom. The monoisotopic (exact) mass is 479 g/mol. The molecule has 0 heterocycles. The fraction of sp³-hybridized carbons (Fsp3) is 0.259. The van der Waals surface area contributed by atoms with Gasteiger partial charge in [0.1, 0.15) is 11.8 Å². The molecule has 34 heavy (non-hydrogen) atoms. The normalized spacial score (nSPS) is 17.1. The Bertz CT molecular complexity index is 1060. The fourth-order valence-electron chi connectivity index (χ4n) is 3.71. The molecule has 1 saturated carbocycles. The first-order valence-corrected chi connectivity index (χ1v) is 11.3. The van der Waals surface area contributed by atoms with Crippen molar-refractivity contribution in [2.45, 2.75) is 37.4 Å². The minimum absolute atomic E-state index is 0. The van der Waals surface area contributed by atoms with Crippen LogP contribution in [0.1, 0.15) is 40.2 Å². The van der Waals surface area contributed by atoms with Crippen LogP contribution in [0.3, 0.4) is 0 Å². The minimum atomic E-state index is -0.717. The van der Waals surface area contributed by atoms with Crippen molar-refractivity contribution < 1.29 is 14.3 Å². The summed E-state index contributed by atoms with van der Waals surface area (Å²) in [5, 5.41) is 5.76. The van der Waals surface area contributed by atoms with Crippen LogP contribution in [0, 0.1) is 0 Å². The summed E-state index contributed by atoms with van der Waals surface area (Å²) in [6, 6.07) is 26.0. The van der Waals surface area contributed by atoms with Crippen molar-refractivity contribution in [1.29, 1.82) is 0 Å². The Labute approximate surface area is 206 Å². The maximum Gasteiger partial charge on any atom is 0.251 e. The van der Waals surface area contributed by atoms with Crippen molar-refractivity contribution in [2.75, 3.05) is 6.61 Å². The van der Waals surface area contributed by atoms with Gasteiger partial charge in [-0.05, 0) is 41.8 Å². The number of carbonyl (C=O) groups is 2. The van der Waals surface area contributed by atoms with Gasteiger partial charge in [-0.25, -0.2) is 0 Å². The molecule has 2 amide bonds. The molecule has 0 aliphatic heterocycles. The van der Waals surface area contributed by atoms with Crippen molar-refractivity contribution in [3.05, 3.63) is 102 Å². The highest BCUT2D eigenvalue weighted by Crippen LogP contribution is 2.39. The molecule has 3 atom stereocenters. The first-order chi connectivity index (χ1) is 16.1.